The summed E-state index contributed by atoms with van der Waals surface area (Å²) >= 11 is 6.09. The summed E-state index contributed by atoms with van der Waals surface area (Å²) in [7, 11) is 0. The third-order valence-corrected chi connectivity index (χ3v) is 5.60. The molecule has 0 saturated carbocycles. The van der Waals surface area contributed by atoms with Crippen molar-refractivity contribution in [3.05, 3.63) is 53.2 Å². The van der Waals surface area contributed by atoms with Crippen LogP contribution in [0.5, 0.6) is 0 Å². The molecule has 1 aromatic carbocycles. The van der Waals surface area contributed by atoms with Crippen molar-refractivity contribution in [3.8, 4) is 11.4 Å². The molecule has 2 saturated heterocycles. The smallest absolute Gasteiger partial charge is 0.254 e. The molecule has 144 valence electrons. The molecule has 0 N–H and O–H groups in total. The lowest BCUT2D eigenvalue weighted by Crippen LogP contribution is -2.47. The van der Waals surface area contributed by atoms with Crippen LogP contribution >= 0.6 is 11.6 Å². The van der Waals surface area contributed by atoms with E-state index in [1.165, 1.54) is 0 Å². The van der Waals surface area contributed by atoms with Crippen LogP contribution in [-0.4, -0.2) is 57.5 Å². The molecule has 0 bridgehead atoms. The van der Waals surface area contributed by atoms with Gasteiger partial charge in [-0.05, 0) is 24.3 Å². The molecule has 7 nitrogen and oxygen atoms in total. The van der Waals surface area contributed by atoms with Crippen LogP contribution in [0.3, 0.4) is 0 Å². The Morgan fingerprint density at radius 2 is 1.86 bits per heavy atom. The minimum atomic E-state index is -0.487. The number of amides is 1. The average Bonchev–Trinajstić information content (AvgIpc) is 3.35. The van der Waals surface area contributed by atoms with Crippen molar-refractivity contribution in [2.75, 3.05) is 26.3 Å². The first-order chi connectivity index (χ1) is 13.6. The maximum absolute atomic E-state index is 12.9. The standard InChI is InChI=1S/C20H19ClN4O3/c21-16-3-1-2-14(12-16)18-23-22-17-13-15(4-7-25(17)18)19(26)24-8-5-20(6-9-24)27-10-11-28-20/h1-4,7,12-13H,5-6,8-11H2. The van der Waals surface area contributed by atoms with Gasteiger partial charge in [-0.1, -0.05) is 23.7 Å². The highest BCUT2D eigenvalue weighted by atomic mass is 35.5. The molecule has 5 rings (SSSR count). The minimum Gasteiger partial charge on any atom is -0.347 e. The highest BCUT2D eigenvalue weighted by Crippen LogP contribution is 2.32. The number of pyridine rings is 1. The molecule has 0 atom stereocenters. The maximum atomic E-state index is 12.9. The van der Waals surface area contributed by atoms with Crippen molar-refractivity contribution >= 4 is 23.2 Å². The summed E-state index contributed by atoms with van der Waals surface area (Å²) in [5.41, 5.74) is 2.09. The molecule has 2 aliphatic rings. The summed E-state index contributed by atoms with van der Waals surface area (Å²) in [5.74, 6) is 0.189. The Kier molecular flexibility index (Phi) is 4.30. The van der Waals surface area contributed by atoms with Gasteiger partial charge in [-0.25, -0.2) is 0 Å². The zero-order valence-corrected chi connectivity index (χ0v) is 15.9. The normalized spacial score (nSPS) is 18.8. The summed E-state index contributed by atoms with van der Waals surface area (Å²) < 4.78 is 13.3. The topological polar surface area (TPSA) is 69.0 Å². The molecule has 2 aliphatic heterocycles. The number of rotatable bonds is 2. The number of carbonyl (C=O) groups is 1. The first kappa shape index (κ1) is 17.6. The fraction of sp³-hybridized carbons (Fsp3) is 0.350. The molecular formula is C20H19ClN4O3. The third kappa shape index (κ3) is 3.05. The zero-order chi connectivity index (χ0) is 19.1. The molecule has 2 aromatic heterocycles. The predicted molar refractivity (Wildman–Crippen MR) is 103 cm³/mol. The van der Waals surface area contributed by atoms with Gasteiger partial charge in [0.15, 0.2) is 17.3 Å². The van der Waals surface area contributed by atoms with Crippen LogP contribution in [0.15, 0.2) is 42.6 Å². The number of ether oxygens (including phenoxy) is 2. The fourth-order valence-corrected chi connectivity index (χ4v) is 4.06. The monoisotopic (exact) mass is 398 g/mol. The SMILES string of the molecule is O=C(c1ccn2c(-c3cccc(Cl)c3)nnc2c1)N1CCC2(CC1)OCCO2. The van der Waals surface area contributed by atoms with Gasteiger partial charge in [0, 0.05) is 48.3 Å². The van der Waals surface area contributed by atoms with Crippen molar-refractivity contribution in [3.63, 3.8) is 0 Å². The van der Waals surface area contributed by atoms with E-state index in [2.05, 4.69) is 10.2 Å². The number of carbonyl (C=O) groups excluding carboxylic acids is 1. The van der Waals surface area contributed by atoms with E-state index in [9.17, 15) is 4.79 Å². The predicted octanol–water partition coefficient (Wildman–Crippen LogP) is 3.03. The molecule has 0 radical (unpaired) electrons. The van der Waals surface area contributed by atoms with Crippen LogP contribution < -0.4 is 0 Å². The van der Waals surface area contributed by atoms with Gasteiger partial charge in [0.2, 0.25) is 0 Å². The Bertz CT molecular complexity index is 1030. The Hall–Kier alpha value is -2.48. The van der Waals surface area contributed by atoms with Crippen LogP contribution in [0.25, 0.3) is 17.0 Å². The van der Waals surface area contributed by atoms with Crippen LogP contribution in [0.2, 0.25) is 5.02 Å². The number of fused-ring (bicyclic) bond motifs is 1. The Balaban J connectivity index is 1.37. The van der Waals surface area contributed by atoms with Crippen molar-refractivity contribution < 1.29 is 14.3 Å². The van der Waals surface area contributed by atoms with E-state index >= 15 is 0 Å². The van der Waals surface area contributed by atoms with Crippen LogP contribution in [0, 0.1) is 0 Å². The minimum absolute atomic E-state index is 0.0114. The van der Waals surface area contributed by atoms with Gasteiger partial charge in [0.1, 0.15) is 0 Å². The van der Waals surface area contributed by atoms with Crippen molar-refractivity contribution in [1.29, 1.82) is 0 Å². The first-order valence-corrected chi connectivity index (χ1v) is 9.69. The molecular weight excluding hydrogens is 380 g/mol. The first-order valence-electron chi connectivity index (χ1n) is 9.32. The highest BCUT2D eigenvalue weighted by molar-refractivity contribution is 6.30. The Morgan fingerprint density at radius 1 is 1.07 bits per heavy atom. The number of hydrogen-bond donors (Lipinski definition) is 0. The van der Waals surface area contributed by atoms with E-state index in [0.29, 0.717) is 61.2 Å². The molecule has 3 aromatic rings. The molecule has 1 amide bonds. The third-order valence-electron chi connectivity index (χ3n) is 5.37. The molecule has 1 spiro atoms. The van der Waals surface area contributed by atoms with E-state index in [0.717, 1.165) is 5.56 Å². The van der Waals surface area contributed by atoms with E-state index < -0.39 is 5.79 Å². The quantitative estimate of drug-likeness (QED) is 0.663. The molecule has 8 heteroatoms. The van der Waals surface area contributed by atoms with Gasteiger partial charge in [-0.3, -0.25) is 9.20 Å². The van der Waals surface area contributed by atoms with Gasteiger partial charge in [0.25, 0.3) is 5.91 Å². The number of likely N-dealkylation sites (tertiary alicyclic amines) is 1. The second-order valence-electron chi connectivity index (χ2n) is 7.08. The number of halogens is 1. The van der Waals surface area contributed by atoms with Gasteiger partial charge in [0.05, 0.1) is 13.2 Å². The summed E-state index contributed by atoms with van der Waals surface area (Å²) in [4.78, 5) is 14.8. The van der Waals surface area contributed by atoms with E-state index in [1.54, 1.807) is 12.1 Å². The van der Waals surface area contributed by atoms with E-state index in [-0.39, 0.29) is 5.91 Å². The second kappa shape index (κ2) is 6.84. The number of benzene rings is 1. The van der Waals surface area contributed by atoms with Crippen LogP contribution in [0.1, 0.15) is 23.2 Å². The zero-order valence-electron chi connectivity index (χ0n) is 15.2. The van der Waals surface area contributed by atoms with E-state index in [1.807, 2.05) is 39.8 Å². The Morgan fingerprint density at radius 3 is 2.61 bits per heavy atom. The largest absolute Gasteiger partial charge is 0.347 e. The lowest BCUT2D eigenvalue weighted by Gasteiger charge is -2.37. The number of piperidine rings is 1. The Labute approximate surface area is 166 Å². The summed E-state index contributed by atoms with van der Waals surface area (Å²) in [6, 6.07) is 11.0. The van der Waals surface area contributed by atoms with Gasteiger partial charge >= 0.3 is 0 Å². The lowest BCUT2D eigenvalue weighted by molar-refractivity contribution is -0.181. The van der Waals surface area contributed by atoms with E-state index in [4.69, 9.17) is 21.1 Å². The molecule has 0 unspecified atom stereocenters. The number of aromatic nitrogens is 3. The molecule has 4 heterocycles. The average molecular weight is 399 g/mol. The highest BCUT2D eigenvalue weighted by Gasteiger charge is 2.40. The summed E-state index contributed by atoms with van der Waals surface area (Å²) in [6.07, 6.45) is 3.23. The summed E-state index contributed by atoms with van der Waals surface area (Å²) in [5, 5.41) is 9.13. The fourth-order valence-electron chi connectivity index (χ4n) is 3.87. The van der Waals surface area contributed by atoms with Crippen molar-refractivity contribution in [1.82, 2.24) is 19.5 Å². The lowest BCUT2D eigenvalue weighted by atomic mass is 10.0. The molecule has 28 heavy (non-hydrogen) atoms. The summed E-state index contributed by atoms with van der Waals surface area (Å²) in [6.45, 7) is 2.49. The van der Waals surface area contributed by atoms with Crippen molar-refractivity contribution in [2.45, 2.75) is 18.6 Å². The maximum Gasteiger partial charge on any atom is 0.254 e. The van der Waals surface area contributed by atoms with Gasteiger partial charge < -0.3 is 14.4 Å². The van der Waals surface area contributed by atoms with Crippen molar-refractivity contribution in [2.24, 2.45) is 0 Å². The van der Waals surface area contributed by atoms with Gasteiger partial charge in [-0.2, -0.15) is 0 Å². The number of nitrogens with zero attached hydrogens (tertiary/aromatic N) is 4. The number of hydrogen-bond acceptors (Lipinski definition) is 5. The van der Waals surface area contributed by atoms with Gasteiger partial charge in [-0.15, -0.1) is 10.2 Å². The van der Waals surface area contributed by atoms with Crippen LogP contribution in [-0.2, 0) is 9.47 Å². The van der Waals surface area contributed by atoms with Crippen LogP contribution in [0.4, 0.5) is 0 Å². The molecule has 0 aliphatic carbocycles. The molecule has 2 fully saturated rings. The second-order valence-corrected chi connectivity index (χ2v) is 7.51.